The Bertz CT molecular complexity index is 855. The summed E-state index contributed by atoms with van der Waals surface area (Å²) in [7, 11) is -3.63. The monoisotopic (exact) mass is 388 g/mol. The van der Waals surface area contributed by atoms with Gasteiger partial charge in [0.2, 0.25) is 10.0 Å². The number of sulfonamides is 1. The van der Waals surface area contributed by atoms with Crippen LogP contribution in [-0.2, 0) is 16.6 Å². The lowest BCUT2D eigenvalue weighted by molar-refractivity contribution is 0.0755. The van der Waals surface area contributed by atoms with Crippen molar-refractivity contribution in [2.24, 2.45) is 0 Å². The van der Waals surface area contributed by atoms with E-state index in [1.54, 1.807) is 17.0 Å². The summed E-state index contributed by atoms with van der Waals surface area (Å²) in [6.45, 7) is 7.64. The molecule has 2 rings (SSSR count). The number of benzene rings is 2. The molecule has 0 bridgehead atoms. The largest absolute Gasteiger partial charge is 0.339 e. The van der Waals surface area contributed by atoms with Gasteiger partial charge in [0.25, 0.3) is 5.91 Å². The summed E-state index contributed by atoms with van der Waals surface area (Å²) in [6, 6.07) is 13.8. The molecule has 0 heterocycles. The Balaban J connectivity index is 2.10. The average Bonchev–Trinajstić information content (AvgIpc) is 2.67. The molecule has 6 heteroatoms. The number of nitrogens with one attached hydrogen (secondary N) is 1. The van der Waals surface area contributed by atoms with Crippen molar-refractivity contribution in [3.8, 4) is 0 Å². The number of hydrogen-bond donors (Lipinski definition) is 1. The maximum absolute atomic E-state index is 12.6. The van der Waals surface area contributed by atoms with Gasteiger partial charge in [-0.1, -0.05) is 38.1 Å². The van der Waals surface area contributed by atoms with E-state index in [2.05, 4.69) is 4.72 Å². The molecule has 2 aromatic carbocycles. The molecular formula is C21H28N2O3S. The van der Waals surface area contributed by atoms with Gasteiger partial charge in [-0.2, -0.15) is 0 Å². The molecule has 0 fully saturated rings. The van der Waals surface area contributed by atoms with Gasteiger partial charge in [0.1, 0.15) is 0 Å². The number of hydrogen-bond acceptors (Lipinski definition) is 3. The van der Waals surface area contributed by atoms with E-state index in [-0.39, 0.29) is 17.3 Å². The maximum atomic E-state index is 12.6. The van der Waals surface area contributed by atoms with Crippen LogP contribution in [0.5, 0.6) is 0 Å². The minimum Gasteiger partial charge on any atom is -0.339 e. The number of carbonyl (C=O) groups excluding carboxylic acids is 1. The number of aryl methyl sites for hydroxylation is 1. The zero-order chi connectivity index (χ0) is 19.9. The average molecular weight is 389 g/mol. The first-order chi connectivity index (χ1) is 12.9. The third-order valence-corrected chi connectivity index (χ3v) is 5.82. The van der Waals surface area contributed by atoms with Crippen molar-refractivity contribution < 1.29 is 13.2 Å². The predicted molar refractivity (Wildman–Crippen MR) is 108 cm³/mol. The SMILES string of the molecule is CCCN(CCC)C(=O)c1ccc(S(=O)(=O)NCc2ccccc2C)cc1. The fourth-order valence-electron chi connectivity index (χ4n) is 2.88. The standard InChI is InChI=1S/C21H28N2O3S/c1-4-14-23(15-5-2)21(24)18-10-12-20(13-11-18)27(25,26)22-16-19-9-7-6-8-17(19)3/h6-13,22H,4-5,14-16H2,1-3H3. The van der Waals surface area contributed by atoms with E-state index in [1.165, 1.54) is 12.1 Å². The van der Waals surface area contributed by atoms with Crippen LogP contribution >= 0.6 is 0 Å². The second kappa shape index (κ2) is 9.67. The maximum Gasteiger partial charge on any atom is 0.253 e. The minimum atomic E-state index is -3.63. The highest BCUT2D eigenvalue weighted by atomic mass is 32.2. The molecule has 27 heavy (non-hydrogen) atoms. The van der Waals surface area contributed by atoms with Crippen LogP contribution in [0.1, 0.15) is 48.2 Å². The smallest absolute Gasteiger partial charge is 0.253 e. The minimum absolute atomic E-state index is 0.0597. The Hall–Kier alpha value is -2.18. The Morgan fingerprint density at radius 1 is 0.963 bits per heavy atom. The second-order valence-electron chi connectivity index (χ2n) is 6.57. The quantitative estimate of drug-likeness (QED) is 0.712. The number of rotatable bonds is 9. The Morgan fingerprint density at radius 2 is 1.56 bits per heavy atom. The molecule has 0 atom stereocenters. The highest BCUT2D eigenvalue weighted by Gasteiger charge is 2.17. The number of nitrogens with zero attached hydrogens (tertiary/aromatic N) is 1. The molecule has 0 aliphatic carbocycles. The fraction of sp³-hybridized carbons (Fsp3) is 0.381. The van der Waals surface area contributed by atoms with E-state index in [1.807, 2.05) is 45.0 Å². The molecule has 0 saturated carbocycles. The lowest BCUT2D eigenvalue weighted by atomic mass is 10.1. The Morgan fingerprint density at radius 3 is 2.11 bits per heavy atom. The molecule has 0 saturated heterocycles. The van der Waals surface area contributed by atoms with Gasteiger partial charge in [-0.05, 0) is 55.2 Å². The van der Waals surface area contributed by atoms with Crippen molar-refractivity contribution in [2.75, 3.05) is 13.1 Å². The van der Waals surface area contributed by atoms with Gasteiger partial charge in [-0.15, -0.1) is 0 Å². The van der Waals surface area contributed by atoms with Crippen molar-refractivity contribution in [2.45, 2.75) is 45.1 Å². The van der Waals surface area contributed by atoms with Gasteiger partial charge in [-0.25, -0.2) is 13.1 Å². The van der Waals surface area contributed by atoms with E-state index < -0.39 is 10.0 Å². The normalized spacial score (nSPS) is 11.4. The second-order valence-corrected chi connectivity index (χ2v) is 8.33. The van der Waals surface area contributed by atoms with E-state index in [9.17, 15) is 13.2 Å². The van der Waals surface area contributed by atoms with Gasteiger partial charge in [0.15, 0.2) is 0 Å². The Labute approximate surface area is 162 Å². The van der Waals surface area contributed by atoms with Crippen LogP contribution < -0.4 is 4.72 Å². The van der Waals surface area contributed by atoms with E-state index in [4.69, 9.17) is 0 Å². The molecule has 0 spiro atoms. The molecule has 0 radical (unpaired) electrons. The van der Waals surface area contributed by atoms with Crippen LogP contribution in [0.25, 0.3) is 0 Å². The summed E-state index contributed by atoms with van der Waals surface area (Å²) < 4.78 is 27.7. The van der Waals surface area contributed by atoms with Crippen molar-refractivity contribution >= 4 is 15.9 Å². The molecule has 5 nitrogen and oxygen atoms in total. The number of amides is 1. The van der Waals surface area contributed by atoms with E-state index in [0.29, 0.717) is 18.7 Å². The van der Waals surface area contributed by atoms with Gasteiger partial charge in [0.05, 0.1) is 4.90 Å². The van der Waals surface area contributed by atoms with Crippen LogP contribution in [0.2, 0.25) is 0 Å². The summed E-state index contributed by atoms with van der Waals surface area (Å²) in [5.74, 6) is -0.0597. The molecule has 0 aliphatic heterocycles. The molecule has 146 valence electrons. The van der Waals surface area contributed by atoms with Crippen LogP contribution in [0.3, 0.4) is 0 Å². The molecule has 0 aliphatic rings. The van der Waals surface area contributed by atoms with Crippen LogP contribution in [0, 0.1) is 6.92 Å². The molecule has 2 aromatic rings. The van der Waals surface area contributed by atoms with Gasteiger partial charge >= 0.3 is 0 Å². The zero-order valence-corrected chi connectivity index (χ0v) is 17.1. The van der Waals surface area contributed by atoms with Crippen molar-refractivity contribution in [1.82, 2.24) is 9.62 Å². The third kappa shape index (κ3) is 5.65. The van der Waals surface area contributed by atoms with Gasteiger partial charge in [-0.3, -0.25) is 4.79 Å². The number of carbonyl (C=O) groups is 1. The molecule has 0 unspecified atom stereocenters. The predicted octanol–water partition coefficient (Wildman–Crippen LogP) is 3.74. The van der Waals surface area contributed by atoms with Crippen molar-refractivity contribution in [1.29, 1.82) is 0 Å². The molecular weight excluding hydrogens is 360 g/mol. The highest BCUT2D eigenvalue weighted by Crippen LogP contribution is 2.14. The summed E-state index contributed by atoms with van der Waals surface area (Å²) in [5.41, 5.74) is 2.48. The van der Waals surface area contributed by atoms with Crippen molar-refractivity contribution in [3.63, 3.8) is 0 Å². The lowest BCUT2D eigenvalue weighted by Gasteiger charge is -2.21. The van der Waals surface area contributed by atoms with Crippen LogP contribution in [-0.4, -0.2) is 32.3 Å². The van der Waals surface area contributed by atoms with E-state index in [0.717, 1.165) is 24.0 Å². The fourth-order valence-corrected chi connectivity index (χ4v) is 3.89. The highest BCUT2D eigenvalue weighted by molar-refractivity contribution is 7.89. The molecule has 1 amide bonds. The molecule has 1 N–H and O–H groups in total. The summed E-state index contributed by atoms with van der Waals surface area (Å²) in [5, 5.41) is 0. The molecule has 0 aromatic heterocycles. The topological polar surface area (TPSA) is 66.5 Å². The van der Waals surface area contributed by atoms with Crippen LogP contribution in [0.4, 0.5) is 0 Å². The first kappa shape index (κ1) is 21.1. The summed E-state index contributed by atoms with van der Waals surface area (Å²) >= 11 is 0. The first-order valence-electron chi connectivity index (χ1n) is 9.32. The first-order valence-corrected chi connectivity index (χ1v) is 10.8. The van der Waals surface area contributed by atoms with Crippen molar-refractivity contribution in [3.05, 3.63) is 65.2 Å². The van der Waals surface area contributed by atoms with Gasteiger partial charge in [0, 0.05) is 25.2 Å². The summed E-state index contributed by atoms with van der Waals surface area (Å²) in [6.07, 6.45) is 1.78. The van der Waals surface area contributed by atoms with Gasteiger partial charge < -0.3 is 4.90 Å². The lowest BCUT2D eigenvalue weighted by Crippen LogP contribution is -2.32. The van der Waals surface area contributed by atoms with Crippen LogP contribution in [0.15, 0.2) is 53.4 Å². The third-order valence-electron chi connectivity index (χ3n) is 4.40. The zero-order valence-electron chi connectivity index (χ0n) is 16.2. The Kier molecular flexibility index (Phi) is 7.56. The summed E-state index contributed by atoms with van der Waals surface area (Å²) in [4.78, 5) is 14.6. The van der Waals surface area contributed by atoms with E-state index >= 15 is 0 Å².